The molecule has 10 nitrogen and oxygen atoms in total. The maximum absolute atomic E-state index is 12.1. The molecule has 0 heterocycles. The van der Waals surface area contributed by atoms with E-state index in [4.69, 9.17) is 14.6 Å². The second-order valence-electron chi connectivity index (χ2n) is 5.89. The third-order valence-electron chi connectivity index (χ3n) is 3.78. The smallest absolute Gasteiger partial charge is 0.341 e. The fourth-order valence-corrected chi connectivity index (χ4v) is 2.51. The van der Waals surface area contributed by atoms with Crippen LogP contribution in [0.5, 0.6) is 11.5 Å². The van der Waals surface area contributed by atoms with Gasteiger partial charge in [-0.15, -0.1) is 6.58 Å². The third kappa shape index (κ3) is 5.89. The molecule has 2 aromatic carbocycles. The first kappa shape index (κ1) is 22.1. The van der Waals surface area contributed by atoms with Crippen molar-refractivity contribution in [1.29, 1.82) is 0 Å². The number of non-ortho nitro benzene ring substituents is 1. The Balaban J connectivity index is 2.21. The number of nitrogens with zero attached hydrogens (tertiary/aromatic N) is 2. The lowest BCUT2D eigenvalue weighted by Gasteiger charge is -2.14. The summed E-state index contributed by atoms with van der Waals surface area (Å²) in [5, 5.41) is 23.5. The molecule has 0 fully saturated rings. The van der Waals surface area contributed by atoms with Gasteiger partial charge in [-0.1, -0.05) is 12.1 Å². The minimum Gasteiger partial charge on any atom is -0.493 e. The normalized spacial score (nSPS) is 10.4. The SMILES string of the molecule is C=CCc1cc(/C=N\NC(=O)c2cccc([N+](=O)[O-])c2)cc(OC)c1OCC(=O)O. The van der Waals surface area contributed by atoms with Gasteiger partial charge in [-0.25, -0.2) is 10.2 Å². The van der Waals surface area contributed by atoms with Crippen molar-refractivity contribution in [3.05, 3.63) is 75.9 Å². The first-order chi connectivity index (χ1) is 14.3. The van der Waals surface area contributed by atoms with Gasteiger partial charge in [0.1, 0.15) is 0 Å². The van der Waals surface area contributed by atoms with Crippen molar-refractivity contribution in [2.45, 2.75) is 6.42 Å². The minimum absolute atomic E-state index is 0.0868. The predicted molar refractivity (Wildman–Crippen MR) is 108 cm³/mol. The monoisotopic (exact) mass is 413 g/mol. The number of hydrogen-bond donors (Lipinski definition) is 2. The van der Waals surface area contributed by atoms with Crippen LogP contribution in [-0.4, -0.2) is 41.8 Å². The van der Waals surface area contributed by atoms with E-state index in [1.807, 2.05) is 0 Å². The van der Waals surface area contributed by atoms with Gasteiger partial charge in [-0.3, -0.25) is 14.9 Å². The van der Waals surface area contributed by atoms with Gasteiger partial charge >= 0.3 is 5.97 Å². The highest BCUT2D eigenvalue weighted by atomic mass is 16.6. The van der Waals surface area contributed by atoms with Gasteiger partial charge in [0.15, 0.2) is 18.1 Å². The Bertz CT molecular complexity index is 1000. The summed E-state index contributed by atoms with van der Waals surface area (Å²) in [5.41, 5.74) is 3.35. The summed E-state index contributed by atoms with van der Waals surface area (Å²) in [7, 11) is 1.41. The van der Waals surface area contributed by atoms with Crippen LogP contribution in [0.1, 0.15) is 21.5 Å². The number of nitro groups is 1. The molecule has 2 N–H and O–H groups in total. The molecule has 0 aromatic heterocycles. The summed E-state index contributed by atoms with van der Waals surface area (Å²) in [4.78, 5) is 33.2. The largest absolute Gasteiger partial charge is 0.493 e. The molecule has 156 valence electrons. The zero-order chi connectivity index (χ0) is 22.1. The average molecular weight is 413 g/mol. The number of methoxy groups -OCH3 is 1. The second-order valence-corrected chi connectivity index (χ2v) is 5.89. The topological polar surface area (TPSA) is 140 Å². The molecule has 2 aromatic rings. The van der Waals surface area contributed by atoms with Crippen molar-refractivity contribution in [3.8, 4) is 11.5 Å². The molecule has 0 aliphatic heterocycles. The highest BCUT2D eigenvalue weighted by molar-refractivity contribution is 5.95. The molecule has 10 heteroatoms. The number of ether oxygens (including phenoxy) is 2. The van der Waals surface area contributed by atoms with E-state index in [2.05, 4.69) is 17.1 Å². The van der Waals surface area contributed by atoms with Crippen LogP contribution in [0.4, 0.5) is 5.69 Å². The highest BCUT2D eigenvalue weighted by Gasteiger charge is 2.14. The van der Waals surface area contributed by atoms with Gasteiger partial charge in [0, 0.05) is 23.3 Å². The van der Waals surface area contributed by atoms with E-state index in [0.29, 0.717) is 23.3 Å². The van der Waals surface area contributed by atoms with Gasteiger partial charge in [0.25, 0.3) is 11.6 Å². The van der Waals surface area contributed by atoms with Gasteiger partial charge in [0.2, 0.25) is 0 Å². The van der Waals surface area contributed by atoms with Crippen molar-refractivity contribution in [2.24, 2.45) is 5.10 Å². The van der Waals surface area contributed by atoms with Crippen LogP contribution in [0.15, 0.2) is 54.2 Å². The fourth-order valence-electron chi connectivity index (χ4n) is 2.51. The molecule has 0 radical (unpaired) electrons. The van der Waals surface area contributed by atoms with E-state index < -0.39 is 23.4 Å². The van der Waals surface area contributed by atoms with E-state index in [9.17, 15) is 19.7 Å². The van der Waals surface area contributed by atoms with E-state index in [-0.39, 0.29) is 17.0 Å². The first-order valence-electron chi connectivity index (χ1n) is 8.60. The Hall–Kier alpha value is -4.21. The lowest BCUT2D eigenvalue weighted by molar-refractivity contribution is -0.384. The number of hydrogen-bond acceptors (Lipinski definition) is 7. The molecule has 0 spiro atoms. The van der Waals surface area contributed by atoms with Crippen molar-refractivity contribution < 1.29 is 29.1 Å². The standard InChI is InChI=1S/C20H19N3O7/c1-3-5-14-8-13(9-17(29-2)19(14)30-12-18(24)25)11-21-22-20(26)15-6-4-7-16(10-15)23(27)28/h3-4,6-11H,1,5,12H2,2H3,(H,22,26)(H,24,25)/b21-11-. The summed E-state index contributed by atoms with van der Waals surface area (Å²) >= 11 is 0. The number of aliphatic carboxylic acids is 1. The van der Waals surface area contributed by atoms with E-state index >= 15 is 0 Å². The van der Waals surface area contributed by atoms with Crippen molar-refractivity contribution in [1.82, 2.24) is 5.43 Å². The minimum atomic E-state index is -1.13. The molecular weight excluding hydrogens is 394 g/mol. The number of carboxylic acids is 1. The van der Waals surface area contributed by atoms with Gasteiger partial charge < -0.3 is 14.6 Å². The van der Waals surface area contributed by atoms with Gasteiger partial charge in [0.05, 0.1) is 18.2 Å². The molecule has 0 saturated carbocycles. The molecule has 30 heavy (non-hydrogen) atoms. The number of amides is 1. The highest BCUT2D eigenvalue weighted by Crippen LogP contribution is 2.33. The van der Waals surface area contributed by atoms with Crippen LogP contribution >= 0.6 is 0 Å². The maximum Gasteiger partial charge on any atom is 0.341 e. The summed E-state index contributed by atoms with van der Waals surface area (Å²) in [6.07, 6.45) is 3.35. The Morgan fingerprint density at radius 3 is 2.73 bits per heavy atom. The summed E-state index contributed by atoms with van der Waals surface area (Å²) in [6.45, 7) is 3.13. The number of carbonyl (C=O) groups excluding carboxylic acids is 1. The molecule has 1 amide bonds. The van der Waals surface area contributed by atoms with E-state index in [1.54, 1.807) is 18.2 Å². The van der Waals surface area contributed by atoms with E-state index in [1.165, 1.54) is 31.5 Å². The fraction of sp³-hybridized carbons (Fsp3) is 0.150. The average Bonchev–Trinajstić information content (AvgIpc) is 2.72. The number of carbonyl (C=O) groups is 2. The molecule has 0 atom stereocenters. The Kier molecular flexibility index (Phi) is 7.63. The quantitative estimate of drug-likeness (QED) is 0.264. The first-order valence-corrected chi connectivity index (χ1v) is 8.60. The molecule has 2 rings (SSSR count). The third-order valence-corrected chi connectivity index (χ3v) is 3.78. The summed E-state index contributed by atoms with van der Waals surface area (Å²) in [6, 6.07) is 8.50. The summed E-state index contributed by atoms with van der Waals surface area (Å²) < 4.78 is 10.6. The maximum atomic E-state index is 12.1. The lowest BCUT2D eigenvalue weighted by Crippen LogP contribution is -2.17. The Labute approximate surface area is 171 Å². The molecule has 0 bridgehead atoms. The van der Waals surface area contributed by atoms with E-state index in [0.717, 1.165) is 6.07 Å². The number of rotatable bonds is 10. The van der Waals surface area contributed by atoms with Crippen LogP contribution < -0.4 is 14.9 Å². The zero-order valence-electron chi connectivity index (χ0n) is 16.0. The molecule has 0 saturated heterocycles. The Morgan fingerprint density at radius 2 is 2.10 bits per heavy atom. The second kappa shape index (κ2) is 10.4. The lowest BCUT2D eigenvalue weighted by atomic mass is 10.1. The van der Waals surface area contributed by atoms with Crippen LogP contribution in [0.3, 0.4) is 0 Å². The van der Waals surface area contributed by atoms with Gasteiger partial charge in [-0.2, -0.15) is 5.10 Å². The van der Waals surface area contributed by atoms with Crippen molar-refractivity contribution in [2.75, 3.05) is 13.7 Å². The summed E-state index contributed by atoms with van der Waals surface area (Å²) in [5.74, 6) is -1.18. The zero-order valence-corrected chi connectivity index (χ0v) is 16.0. The molecule has 0 aliphatic carbocycles. The predicted octanol–water partition coefficient (Wildman–Crippen LogP) is 2.56. The van der Waals surface area contributed by atoms with Gasteiger partial charge in [-0.05, 0) is 30.2 Å². The molecule has 0 unspecified atom stereocenters. The number of carboxylic acid groups (broad SMARTS) is 1. The van der Waals surface area contributed by atoms with Crippen molar-refractivity contribution >= 4 is 23.8 Å². The van der Waals surface area contributed by atoms with Crippen LogP contribution in [-0.2, 0) is 11.2 Å². The number of nitrogens with one attached hydrogen (secondary N) is 1. The molecular formula is C20H19N3O7. The number of nitro benzene ring substituents is 1. The van der Waals surface area contributed by atoms with Crippen LogP contribution in [0.2, 0.25) is 0 Å². The Morgan fingerprint density at radius 1 is 1.33 bits per heavy atom. The number of hydrazone groups is 1. The number of benzene rings is 2. The molecule has 0 aliphatic rings. The van der Waals surface area contributed by atoms with Crippen molar-refractivity contribution in [3.63, 3.8) is 0 Å². The number of allylic oxidation sites excluding steroid dienone is 1. The van der Waals surface area contributed by atoms with Crippen LogP contribution in [0, 0.1) is 10.1 Å². The van der Waals surface area contributed by atoms with Crippen LogP contribution in [0.25, 0.3) is 0 Å².